The Labute approximate surface area is 228 Å². The van der Waals surface area contributed by atoms with Crippen LogP contribution in [0.1, 0.15) is 67.2 Å². The maximum Gasteiger partial charge on any atom is 0.422 e. The van der Waals surface area contributed by atoms with Gasteiger partial charge in [-0.25, -0.2) is 4.79 Å². The minimum absolute atomic E-state index is 0.00749. The van der Waals surface area contributed by atoms with Crippen LogP contribution in [0.25, 0.3) is 0 Å². The summed E-state index contributed by atoms with van der Waals surface area (Å²) in [6, 6.07) is 1.43. The third-order valence-corrected chi connectivity index (χ3v) is 6.73. The monoisotopic (exact) mass is 561 g/mol. The minimum Gasteiger partial charge on any atom is -0.440 e. The van der Waals surface area contributed by atoms with Gasteiger partial charge in [0.15, 0.2) is 6.61 Å². The predicted molar refractivity (Wildman–Crippen MR) is 137 cm³/mol. The summed E-state index contributed by atoms with van der Waals surface area (Å²) in [6.45, 7) is 11.7. The number of nitrogens with one attached hydrogen (secondary N) is 3. The van der Waals surface area contributed by atoms with E-state index in [0.29, 0.717) is 31.8 Å². The summed E-state index contributed by atoms with van der Waals surface area (Å²) < 4.78 is 39.4. The number of amides is 4. The van der Waals surface area contributed by atoms with Gasteiger partial charge >= 0.3 is 12.3 Å². The highest BCUT2D eigenvalue weighted by Crippen LogP contribution is 2.46. The molecule has 0 aromatic heterocycles. The van der Waals surface area contributed by atoms with E-state index in [4.69, 9.17) is 5.26 Å². The lowest BCUT2D eigenvalue weighted by molar-refractivity contribution is -0.160. The molecule has 3 rings (SSSR count). The molecule has 3 fully saturated rings. The molecule has 3 N–H and O–H groups in total. The van der Waals surface area contributed by atoms with E-state index in [2.05, 4.69) is 36.1 Å². The van der Waals surface area contributed by atoms with Crippen molar-refractivity contribution in [2.75, 3.05) is 26.2 Å². The highest BCUT2D eigenvalue weighted by Gasteiger charge is 2.52. The number of nitriles is 1. The van der Waals surface area contributed by atoms with Gasteiger partial charge in [0.2, 0.25) is 18.2 Å². The van der Waals surface area contributed by atoms with Crippen LogP contribution in [0.3, 0.4) is 0 Å². The smallest absolute Gasteiger partial charge is 0.422 e. The number of carbonyl (C=O) groups is 4. The van der Waals surface area contributed by atoms with Gasteiger partial charge in [-0.3, -0.25) is 14.4 Å². The van der Waals surface area contributed by atoms with Crippen molar-refractivity contribution in [1.82, 2.24) is 20.9 Å². The molecule has 39 heavy (non-hydrogen) atoms. The van der Waals surface area contributed by atoms with Crippen LogP contribution >= 0.6 is 0 Å². The topological polar surface area (TPSA) is 141 Å². The first kappa shape index (κ1) is 34.0. The van der Waals surface area contributed by atoms with Crippen molar-refractivity contribution in [2.45, 2.75) is 85.0 Å². The molecular formula is C26H42F3N5O5. The van der Waals surface area contributed by atoms with E-state index in [-0.39, 0.29) is 35.2 Å². The van der Waals surface area contributed by atoms with Crippen molar-refractivity contribution < 1.29 is 37.1 Å². The van der Waals surface area contributed by atoms with Crippen molar-refractivity contribution in [2.24, 2.45) is 23.2 Å². The summed E-state index contributed by atoms with van der Waals surface area (Å²) in [5.74, 6) is 0.736. The first-order valence-electron chi connectivity index (χ1n) is 13.1. The number of carbonyl (C=O) groups excluding carboxylic acids is 4. The molecule has 10 nitrogen and oxygen atoms in total. The molecule has 1 aliphatic carbocycles. The van der Waals surface area contributed by atoms with Crippen molar-refractivity contribution in [3.8, 4) is 6.07 Å². The second-order valence-corrected chi connectivity index (χ2v) is 11.8. The maximum absolute atomic E-state index is 11.8. The number of ether oxygens (including phenoxy) is 1. The average Bonchev–Trinajstić information content (AvgIpc) is 3.41. The summed E-state index contributed by atoms with van der Waals surface area (Å²) >= 11 is 0. The second kappa shape index (κ2) is 14.4. The van der Waals surface area contributed by atoms with Crippen LogP contribution in [0.15, 0.2) is 0 Å². The van der Waals surface area contributed by atoms with Gasteiger partial charge in [-0.2, -0.15) is 18.4 Å². The number of rotatable bonds is 7. The van der Waals surface area contributed by atoms with E-state index >= 15 is 0 Å². The van der Waals surface area contributed by atoms with Crippen molar-refractivity contribution in [1.29, 1.82) is 5.26 Å². The van der Waals surface area contributed by atoms with Gasteiger partial charge in [-0.05, 0) is 42.9 Å². The summed E-state index contributed by atoms with van der Waals surface area (Å²) in [5, 5.41) is 16.1. The zero-order valence-corrected chi connectivity index (χ0v) is 23.6. The molecule has 2 saturated heterocycles. The van der Waals surface area contributed by atoms with E-state index in [1.807, 2.05) is 32.2 Å². The molecule has 3 atom stereocenters. The molecular weight excluding hydrogens is 519 g/mol. The van der Waals surface area contributed by atoms with Gasteiger partial charge in [-0.15, -0.1) is 0 Å². The Morgan fingerprint density at radius 2 is 1.87 bits per heavy atom. The molecule has 4 amide bonds. The molecule has 3 aliphatic rings. The van der Waals surface area contributed by atoms with Crippen LogP contribution in [0, 0.1) is 34.5 Å². The summed E-state index contributed by atoms with van der Waals surface area (Å²) in [5.41, 5.74) is 0.0371. The number of alkyl carbamates (subject to hydrolysis) is 1. The molecule has 0 aromatic carbocycles. The Hall–Kier alpha value is -3.04. The highest BCUT2D eigenvalue weighted by molar-refractivity contribution is 5.83. The maximum atomic E-state index is 11.8. The Balaban J connectivity index is 0.000000352. The molecule has 0 radical (unpaired) electrons. The Morgan fingerprint density at radius 3 is 2.28 bits per heavy atom. The molecule has 0 bridgehead atoms. The van der Waals surface area contributed by atoms with E-state index in [1.54, 1.807) is 4.90 Å². The van der Waals surface area contributed by atoms with E-state index in [0.717, 1.165) is 25.2 Å². The van der Waals surface area contributed by atoms with Crippen molar-refractivity contribution >= 4 is 24.3 Å². The van der Waals surface area contributed by atoms with E-state index in [1.165, 1.54) is 0 Å². The molecule has 3 unspecified atom stereocenters. The molecule has 1 spiro atoms. The number of alkyl halides is 3. The fraction of sp³-hybridized carbons (Fsp3) is 0.808. The highest BCUT2D eigenvalue weighted by atomic mass is 19.4. The van der Waals surface area contributed by atoms with Crippen molar-refractivity contribution in [3.63, 3.8) is 0 Å². The van der Waals surface area contributed by atoms with Gasteiger partial charge in [0, 0.05) is 24.5 Å². The lowest BCUT2D eigenvalue weighted by atomic mass is 9.84. The Kier molecular flexibility index (Phi) is 12.5. The van der Waals surface area contributed by atoms with Crippen LogP contribution in [0.5, 0.6) is 0 Å². The number of halogens is 3. The average molecular weight is 562 g/mol. The summed E-state index contributed by atoms with van der Waals surface area (Å²) in [7, 11) is 0. The van der Waals surface area contributed by atoms with Crippen LogP contribution in [0.2, 0.25) is 0 Å². The summed E-state index contributed by atoms with van der Waals surface area (Å²) in [4.78, 5) is 46.2. The van der Waals surface area contributed by atoms with Crippen LogP contribution in [-0.4, -0.2) is 73.2 Å². The minimum atomic E-state index is -4.57. The normalized spacial score (nSPS) is 22.8. The fourth-order valence-electron chi connectivity index (χ4n) is 4.11. The number of hydrogen-bond acceptors (Lipinski definition) is 6. The Morgan fingerprint density at radius 1 is 1.28 bits per heavy atom. The van der Waals surface area contributed by atoms with Gasteiger partial charge in [0.25, 0.3) is 0 Å². The SMILES string of the molecule is CC(C)C.CC1CN(C(=O)CNC(=O)OCC(F)(F)F)CC1(C)C.N#CC(CC1CC2(CC2)NC1=O)NC=O. The summed E-state index contributed by atoms with van der Waals surface area (Å²) in [6.07, 6.45) is -1.99. The van der Waals surface area contributed by atoms with Crippen molar-refractivity contribution in [3.05, 3.63) is 0 Å². The fourth-order valence-corrected chi connectivity index (χ4v) is 4.11. The molecule has 13 heteroatoms. The lowest BCUT2D eigenvalue weighted by Gasteiger charge is -2.22. The number of likely N-dealkylation sites (tertiary alicyclic amines) is 1. The lowest BCUT2D eigenvalue weighted by Crippen LogP contribution is -2.40. The predicted octanol–water partition coefficient (Wildman–Crippen LogP) is 3.13. The zero-order valence-electron chi connectivity index (χ0n) is 23.6. The molecule has 222 valence electrons. The third kappa shape index (κ3) is 12.6. The zero-order chi connectivity index (χ0) is 30.0. The molecule has 1 saturated carbocycles. The van der Waals surface area contributed by atoms with E-state index in [9.17, 15) is 32.3 Å². The standard InChI is InChI=1S/C12H19F3N2O3.C10H13N3O2.C4H10/c1-8-5-17(6-11(8,2)3)9(18)4-16-10(19)20-7-12(13,14)15;11-5-8(12-6-14)3-7-4-10(1-2-10)13-9(7)15;1-4(2)3/h8H,4-7H2,1-3H3,(H,16,19);6-8H,1-4H2,(H,12,14)(H,13,15);4H,1-3H3. The van der Waals surface area contributed by atoms with E-state index < -0.39 is 24.9 Å². The van der Waals surface area contributed by atoms with Gasteiger partial charge in [0.1, 0.15) is 12.6 Å². The van der Waals surface area contributed by atoms with Gasteiger partial charge < -0.3 is 25.6 Å². The number of nitrogens with zero attached hydrogens (tertiary/aromatic N) is 2. The third-order valence-electron chi connectivity index (χ3n) is 6.73. The van der Waals surface area contributed by atoms with Gasteiger partial charge in [0.05, 0.1) is 6.07 Å². The van der Waals surface area contributed by atoms with Crippen LogP contribution in [0.4, 0.5) is 18.0 Å². The van der Waals surface area contributed by atoms with Gasteiger partial charge in [-0.1, -0.05) is 41.5 Å². The largest absolute Gasteiger partial charge is 0.440 e. The second-order valence-electron chi connectivity index (χ2n) is 11.8. The first-order valence-corrected chi connectivity index (χ1v) is 13.1. The molecule has 0 aromatic rings. The van der Waals surface area contributed by atoms with Crippen LogP contribution < -0.4 is 16.0 Å². The van der Waals surface area contributed by atoms with Crippen LogP contribution in [-0.2, 0) is 19.1 Å². The molecule has 2 aliphatic heterocycles. The number of hydrogen-bond donors (Lipinski definition) is 3. The first-order chi connectivity index (χ1) is 17.9. The Bertz CT molecular complexity index is 897. The molecule has 2 heterocycles. The quantitative estimate of drug-likeness (QED) is 0.408.